The monoisotopic (exact) mass is 891 g/mol. The van der Waals surface area contributed by atoms with Crippen molar-refractivity contribution in [1.82, 2.24) is 0 Å². The Morgan fingerprint density at radius 2 is 0.786 bits per heavy atom. The maximum absolute atomic E-state index is 2.54. The molecular formula is C69H49N. The van der Waals surface area contributed by atoms with E-state index in [1.807, 2.05) is 0 Å². The fraction of sp³-hybridized carbons (Fsp3) is 0.0725. The highest BCUT2D eigenvalue weighted by Crippen LogP contribution is 2.66. The van der Waals surface area contributed by atoms with Crippen molar-refractivity contribution >= 4 is 27.8 Å². The standard InChI is InChI=1S/C69H49N/c1-67(2)57-31-13-11-28-53(57)55-44-41-48(45-63(55)67)46-39-42-51(43-40-46)70(64-38-19-22-47-21-9-10-27-52(47)64)65-37-18-17-35-61(65)68(49-23-5-3-6-24-49)59-33-15-16-34-60(59)69(50-25-7-4-8-26-50)58-32-14-12-29-54(58)56-30-20-36-62(68)66(56)69/h3-45H,1-2H3. The second-order valence-electron chi connectivity index (χ2n) is 19.9. The summed E-state index contributed by atoms with van der Waals surface area (Å²) in [5, 5.41) is 2.40. The first-order chi connectivity index (χ1) is 34.5. The minimum absolute atomic E-state index is 0.0778. The summed E-state index contributed by atoms with van der Waals surface area (Å²) in [6.07, 6.45) is 0. The molecule has 14 rings (SSSR count). The van der Waals surface area contributed by atoms with E-state index in [0.717, 1.165) is 17.1 Å². The molecule has 2 atom stereocenters. The van der Waals surface area contributed by atoms with E-state index in [1.165, 1.54) is 99.8 Å². The summed E-state index contributed by atoms with van der Waals surface area (Å²) in [6.45, 7) is 4.72. The number of hydrogen-bond donors (Lipinski definition) is 0. The Labute approximate surface area is 410 Å². The van der Waals surface area contributed by atoms with Crippen LogP contribution in [0.4, 0.5) is 17.1 Å². The average Bonchev–Trinajstić information content (AvgIpc) is 3.86. The Bertz CT molecular complexity index is 3860. The van der Waals surface area contributed by atoms with Gasteiger partial charge in [-0.05, 0) is 125 Å². The lowest BCUT2D eigenvalue weighted by molar-refractivity contribution is 0.627. The quantitative estimate of drug-likeness (QED) is 0.154. The zero-order valence-electron chi connectivity index (χ0n) is 39.3. The molecule has 0 amide bonds. The molecule has 0 radical (unpaired) electrons. The van der Waals surface area contributed by atoms with Crippen molar-refractivity contribution in [2.75, 3.05) is 4.90 Å². The van der Waals surface area contributed by atoms with E-state index < -0.39 is 10.8 Å². The van der Waals surface area contributed by atoms with Crippen LogP contribution in [0.2, 0.25) is 0 Å². The second kappa shape index (κ2) is 15.2. The van der Waals surface area contributed by atoms with Crippen molar-refractivity contribution in [3.8, 4) is 33.4 Å². The normalized spacial score (nSPS) is 17.5. The molecule has 0 fully saturated rings. The van der Waals surface area contributed by atoms with Crippen molar-refractivity contribution in [3.05, 3.63) is 316 Å². The van der Waals surface area contributed by atoms with Gasteiger partial charge < -0.3 is 4.90 Å². The molecule has 0 aliphatic heterocycles. The molecule has 0 heterocycles. The van der Waals surface area contributed by atoms with Gasteiger partial charge in [0, 0.05) is 16.5 Å². The van der Waals surface area contributed by atoms with Gasteiger partial charge in [-0.1, -0.05) is 244 Å². The first-order valence-electron chi connectivity index (χ1n) is 24.7. The molecule has 0 bridgehead atoms. The van der Waals surface area contributed by atoms with E-state index in [9.17, 15) is 0 Å². The Kier molecular flexibility index (Phi) is 8.83. The summed E-state index contributed by atoms with van der Waals surface area (Å²) < 4.78 is 0. The first kappa shape index (κ1) is 40.5. The van der Waals surface area contributed by atoms with E-state index in [4.69, 9.17) is 0 Å². The van der Waals surface area contributed by atoms with Gasteiger partial charge in [0.15, 0.2) is 0 Å². The lowest BCUT2D eigenvalue weighted by Gasteiger charge is -2.50. The van der Waals surface area contributed by atoms with E-state index in [0.29, 0.717) is 0 Å². The zero-order valence-corrected chi connectivity index (χ0v) is 39.3. The van der Waals surface area contributed by atoms with Gasteiger partial charge in [0.1, 0.15) is 0 Å². The molecule has 2 unspecified atom stereocenters. The van der Waals surface area contributed by atoms with Crippen molar-refractivity contribution in [3.63, 3.8) is 0 Å². The van der Waals surface area contributed by atoms with Gasteiger partial charge in [0.2, 0.25) is 0 Å². The maximum atomic E-state index is 2.54. The highest BCUT2D eigenvalue weighted by Gasteiger charge is 2.58. The third-order valence-electron chi connectivity index (χ3n) is 16.2. The SMILES string of the molecule is CC1(C)c2ccccc2-c2ccc(-c3ccc(N(c4ccccc4C4(c5ccccc5)c5ccccc5C5(c6ccccc6)c6ccccc6-c6cccc4c65)c4cccc5ccccc45)cc3)cc21. The number of fused-ring (bicyclic) bond motifs is 9. The van der Waals surface area contributed by atoms with Gasteiger partial charge in [-0.15, -0.1) is 0 Å². The Balaban J connectivity index is 1.04. The Morgan fingerprint density at radius 1 is 0.300 bits per heavy atom. The largest absolute Gasteiger partial charge is 0.310 e. The first-order valence-corrected chi connectivity index (χ1v) is 24.7. The third-order valence-corrected chi connectivity index (χ3v) is 16.2. The summed E-state index contributed by atoms with van der Waals surface area (Å²) in [6, 6.07) is 98.3. The van der Waals surface area contributed by atoms with Crippen molar-refractivity contribution in [2.45, 2.75) is 30.1 Å². The minimum Gasteiger partial charge on any atom is -0.310 e. The Hall–Kier alpha value is -8.52. The molecule has 1 heteroatoms. The molecule has 3 aliphatic carbocycles. The van der Waals surface area contributed by atoms with Crippen LogP contribution < -0.4 is 4.90 Å². The van der Waals surface area contributed by atoms with Crippen molar-refractivity contribution in [2.24, 2.45) is 0 Å². The summed E-state index contributed by atoms with van der Waals surface area (Å²) in [5.74, 6) is 0. The second-order valence-corrected chi connectivity index (χ2v) is 19.9. The average molecular weight is 892 g/mol. The maximum Gasteiger partial charge on any atom is 0.0728 e. The third kappa shape index (κ3) is 5.43. The highest BCUT2D eigenvalue weighted by molar-refractivity contribution is 6.00. The lowest BCUT2D eigenvalue weighted by atomic mass is 9.51. The van der Waals surface area contributed by atoms with Crippen LogP contribution in [-0.2, 0) is 16.2 Å². The fourth-order valence-corrected chi connectivity index (χ4v) is 13.3. The van der Waals surface area contributed by atoms with E-state index in [2.05, 4.69) is 280 Å². The number of anilines is 3. The molecule has 11 aromatic carbocycles. The van der Waals surface area contributed by atoms with Crippen LogP contribution in [-0.4, -0.2) is 0 Å². The smallest absolute Gasteiger partial charge is 0.0728 e. The minimum atomic E-state index is -0.738. The highest BCUT2D eigenvalue weighted by atomic mass is 15.1. The van der Waals surface area contributed by atoms with Gasteiger partial charge >= 0.3 is 0 Å². The van der Waals surface area contributed by atoms with Gasteiger partial charge in [-0.3, -0.25) is 0 Å². The Morgan fingerprint density at radius 3 is 1.53 bits per heavy atom. The number of benzene rings is 11. The van der Waals surface area contributed by atoms with Gasteiger partial charge in [0.25, 0.3) is 0 Å². The fourth-order valence-electron chi connectivity index (χ4n) is 13.3. The van der Waals surface area contributed by atoms with Crippen molar-refractivity contribution < 1.29 is 0 Å². The molecule has 11 aromatic rings. The summed E-state index contributed by atoms with van der Waals surface area (Å²) in [5.41, 5.74) is 22.8. The summed E-state index contributed by atoms with van der Waals surface area (Å²) in [4.78, 5) is 2.54. The summed E-state index contributed by atoms with van der Waals surface area (Å²) in [7, 11) is 0. The van der Waals surface area contributed by atoms with Gasteiger partial charge in [-0.2, -0.15) is 0 Å². The summed E-state index contributed by atoms with van der Waals surface area (Å²) >= 11 is 0. The number of nitrogens with zero attached hydrogens (tertiary/aromatic N) is 1. The van der Waals surface area contributed by atoms with Crippen LogP contribution >= 0.6 is 0 Å². The van der Waals surface area contributed by atoms with Crippen LogP contribution in [0.1, 0.15) is 69.5 Å². The van der Waals surface area contributed by atoms with Crippen molar-refractivity contribution in [1.29, 1.82) is 0 Å². The van der Waals surface area contributed by atoms with Crippen LogP contribution in [0, 0.1) is 0 Å². The molecule has 0 N–H and O–H groups in total. The van der Waals surface area contributed by atoms with Crippen LogP contribution in [0.15, 0.2) is 261 Å². The molecule has 0 aromatic heterocycles. The number of rotatable bonds is 7. The molecule has 0 spiro atoms. The molecule has 70 heavy (non-hydrogen) atoms. The zero-order chi connectivity index (χ0) is 46.6. The van der Waals surface area contributed by atoms with Crippen LogP contribution in [0.25, 0.3) is 44.2 Å². The van der Waals surface area contributed by atoms with E-state index >= 15 is 0 Å². The van der Waals surface area contributed by atoms with Crippen LogP contribution in [0.3, 0.4) is 0 Å². The van der Waals surface area contributed by atoms with E-state index in [1.54, 1.807) is 0 Å². The molecule has 3 aliphatic rings. The molecule has 0 saturated carbocycles. The predicted octanol–water partition coefficient (Wildman–Crippen LogP) is 17.3. The van der Waals surface area contributed by atoms with Gasteiger partial charge in [-0.25, -0.2) is 0 Å². The molecule has 330 valence electrons. The number of para-hydroxylation sites is 1. The topological polar surface area (TPSA) is 3.24 Å². The lowest BCUT2D eigenvalue weighted by Crippen LogP contribution is -2.44. The molecule has 0 saturated heterocycles. The van der Waals surface area contributed by atoms with Crippen LogP contribution in [0.5, 0.6) is 0 Å². The molecule has 1 nitrogen and oxygen atoms in total. The molecular weight excluding hydrogens is 843 g/mol. The number of hydrogen-bond acceptors (Lipinski definition) is 1. The van der Waals surface area contributed by atoms with Gasteiger partial charge in [0.05, 0.1) is 22.2 Å². The van der Waals surface area contributed by atoms with E-state index in [-0.39, 0.29) is 5.41 Å². The predicted molar refractivity (Wildman–Crippen MR) is 291 cm³/mol.